The van der Waals surface area contributed by atoms with Crippen molar-refractivity contribution < 1.29 is 23.8 Å². The van der Waals surface area contributed by atoms with Crippen LogP contribution >= 0.6 is 0 Å². The molecule has 8 heteroatoms. The molecule has 0 heterocycles. The number of halogens is 1. The quantitative estimate of drug-likeness (QED) is 0.475. The Hall–Kier alpha value is -0.800. The van der Waals surface area contributed by atoms with E-state index < -0.39 is 36.9 Å². The maximum Gasteiger partial charge on any atom is 0.252 e. The van der Waals surface area contributed by atoms with Crippen molar-refractivity contribution in [2.45, 2.75) is 49.9 Å². The summed E-state index contributed by atoms with van der Waals surface area (Å²) in [7, 11) is 3.05. The number of carbonyl (C=O) groups is 1. The van der Waals surface area contributed by atoms with Crippen LogP contribution in [-0.4, -0.2) is 68.3 Å². The summed E-state index contributed by atoms with van der Waals surface area (Å²) in [6, 6.07) is -0.655. The van der Waals surface area contributed by atoms with Crippen molar-refractivity contribution in [2.24, 2.45) is 17.4 Å². The zero-order valence-electron chi connectivity index (χ0n) is 12.7. The molecule has 0 radical (unpaired) electrons. The Morgan fingerprint density at radius 1 is 1.43 bits per heavy atom. The minimum atomic E-state index is -1.81. The maximum absolute atomic E-state index is 13.3. The molecule has 0 aliphatic heterocycles. The number of nitrogens with two attached hydrogens (primary N) is 2. The fraction of sp³-hybridized carbons (Fsp3) is 0.923. The van der Waals surface area contributed by atoms with Crippen LogP contribution in [0.25, 0.3) is 0 Å². The predicted octanol–water partition coefficient (Wildman–Crippen LogP) is -1.47. The van der Waals surface area contributed by atoms with E-state index in [9.17, 15) is 14.3 Å². The average molecular weight is 307 g/mol. The van der Waals surface area contributed by atoms with E-state index in [1.165, 1.54) is 7.11 Å². The molecule has 7 atom stereocenters. The fourth-order valence-corrected chi connectivity index (χ4v) is 2.76. The minimum absolute atomic E-state index is 0.0518. The van der Waals surface area contributed by atoms with Gasteiger partial charge in [0.2, 0.25) is 0 Å². The highest BCUT2D eigenvalue weighted by atomic mass is 19.1. The van der Waals surface area contributed by atoms with E-state index in [0.717, 1.165) is 0 Å². The summed E-state index contributed by atoms with van der Waals surface area (Å²) in [5.74, 6) is -0.771. The molecule has 1 rings (SSSR count). The second kappa shape index (κ2) is 8.00. The largest absolute Gasteiger partial charge is 0.380 e. The van der Waals surface area contributed by atoms with Gasteiger partial charge in [-0.25, -0.2) is 4.39 Å². The molecule has 0 aromatic carbocycles. The van der Waals surface area contributed by atoms with Gasteiger partial charge in [-0.3, -0.25) is 4.79 Å². The summed E-state index contributed by atoms with van der Waals surface area (Å²) in [5.41, 5.74) is 11.1. The Balaban J connectivity index is 2.78. The number of methoxy groups -OCH3 is 2. The first-order valence-corrected chi connectivity index (χ1v) is 7.01. The fourth-order valence-electron chi connectivity index (χ4n) is 2.76. The van der Waals surface area contributed by atoms with Crippen LogP contribution in [0.5, 0.6) is 0 Å². The molecule has 1 aliphatic carbocycles. The van der Waals surface area contributed by atoms with Gasteiger partial charge < -0.3 is 31.4 Å². The SMILES string of the molecule is COC1[C@@H](OC)[C@H](C)[C@@H](N)C[C@H]1NC(=O)C(O)C(F)CN. The van der Waals surface area contributed by atoms with Gasteiger partial charge in [0.05, 0.1) is 12.1 Å². The van der Waals surface area contributed by atoms with Gasteiger partial charge in [-0.15, -0.1) is 0 Å². The molecule has 7 nitrogen and oxygen atoms in total. The van der Waals surface area contributed by atoms with Crippen molar-refractivity contribution >= 4 is 5.91 Å². The second-order valence-corrected chi connectivity index (χ2v) is 5.47. The molecule has 0 aromatic heterocycles. The van der Waals surface area contributed by atoms with Crippen molar-refractivity contribution in [2.75, 3.05) is 20.8 Å². The Labute approximate surface area is 124 Å². The van der Waals surface area contributed by atoms with Gasteiger partial charge in [0.15, 0.2) is 6.10 Å². The summed E-state index contributed by atoms with van der Waals surface area (Å²) in [6.45, 7) is 1.52. The van der Waals surface area contributed by atoms with Crippen molar-refractivity contribution in [3.63, 3.8) is 0 Å². The second-order valence-electron chi connectivity index (χ2n) is 5.47. The standard InChI is InChI=1S/C13H26FN3O4/c1-6-8(16)4-9(12(21-3)11(6)20-2)17-13(19)10(18)7(14)5-15/h6-12,18H,4-5,15-16H2,1-3H3,(H,17,19)/t6-,7?,8+,9-,10?,11+,12?/m1/s1. The van der Waals surface area contributed by atoms with Crippen LogP contribution in [-0.2, 0) is 14.3 Å². The smallest absolute Gasteiger partial charge is 0.252 e. The van der Waals surface area contributed by atoms with Gasteiger partial charge in [0.25, 0.3) is 5.91 Å². The molecular formula is C13H26FN3O4. The number of alkyl halides is 1. The van der Waals surface area contributed by atoms with Crippen molar-refractivity contribution in [3.05, 3.63) is 0 Å². The van der Waals surface area contributed by atoms with Gasteiger partial charge in [0.1, 0.15) is 12.3 Å². The lowest BCUT2D eigenvalue weighted by Gasteiger charge is -2.43. The zero-order chi connectivity index (χ0) is 16.2. The maximum atomic E-state index is 13.3. The minimum Gasteiger partial charge on any atom is -0.380 e. The van der Waals surface area contributed by atoms with Gasteiger partial charge in [-0.05, 0) is 6.42 Å². The van der Waals surface area contributed by atoms with Crippen LogP contribution in [0.4, 0.5) is 4.39 Å². The summed E-state index contributed by atoms with van der Waals surface area (Å²) < 4.78 is 24.1. The van der Waals surface area contributed by atoms with Crippen LogP contribution in [0, 0.1) is 5.92 Å². The first-order valence-electron chi connectivity index (χ1n) is 7.01. The molecule has 0 saturated heterocycles. The highest BCUT2D eigenvalue weighted by Crippen LogP contribution is 2.28. The van der Waals surface area contributed by atoms with E-state index >= 15 is 0 Å². The number of amides is 1. The van der Waals surface area contributed by atoms with Crippen molar-refractivity contribution in [1.29, 1.82) is 0 Å². The number of carbonyl (C=O) groups excluding carboxylic acids is 1. The predicted molar refractivity (Wildman–Crippen MR) is 75.2 cm³/mol. The topological polar surface area (TPSA) is 120 Å². The normalized spacial score (nSPS) is 36.0. The molecule has 0 spiro atoms. The summed E-state index contributed by atoms with van der Waals surface area (Å²) in [4.78, 5) is 11.9. The van der Waals surface area contributed by atoms with Crippen LogP contribution in [0.15, 0.2) is 0 Å². The monoisotopic (exact) mass is 307 g/mol. The van der Waals surface area contributed by atoms with Gasteiger partial charge in [-0.2, -0.15) is 0 Å². The van der Waals surface area contributed by atoms with E-state index in [1.807, 2.05) is 6.92 Å². The molecule has 1 saturated carbocycles. The van der Waals surface area contributed by atoms with Gasteiger partial charge in [0, 0.05) is 32.7 Å². The van der Waals surface area contributed by atoms with Crippen LogP contribution in [0.1, 0.15) is 13.3 Å². The molecule has 1 fully saturated rings. The lowest BCUT2D eigenvalue weighted by molar-refractivity contribution is -0.139. The van der Waals surface area contributed by atoms with E-state index in [-0.39, 0.29) is 18.1 Å². The number of aliphatic hydroxyl groups is 1. The molecule has 1 amide bonds. The molecule has 0 bridgehead atoms. The number of aliphatic hydroxyl groups excluding tert-OH is 1. The third kappa shape index (κ3) is 4.10. The third-order valence-electron chi connectivity index (χ3n) is 4.15. The lowest BCUT2D eigenvalue weighted by atomic mass is 9.78. The number of hydrogen-bond donors (Lipinski definition) is 4. The van der Waals surface area contributed by atoms with Crippen molar-refractivity contribution in [3.8, 4) is 0 Å². The number of nitrogens with one attached hydrogen (secondary N) is 1. The van der Waals surface area contributed by atoms with Gasteiger partial charge in [-0.1, -0.05) is 6.92 Å². The average Bonchev–Trinajstić information content (AvgIpc) is 2.48. The molecule has 124 valence electrons. The van der Waals surface area contributed by atoms with Crippen LogP contribution in [0.2, 0.25) is 0 Å². The Morgan fingerprint density at radius 3 is 2.48 bits per heavy atom. The van der Waals surface area contributed by atoms with E-state index in [1.54, 1.807) is 7.11 Å². The van der Waals surface area contributed by atoms with E-state index in [2.05, 4.69) is 5.32 Å². The molecule has 0 aromatic rings. The van der Waals surface area contributed by atoms with Crippen molar-refractivity contribution in [1.82, 2.24) is 5.32 Å². The first kappa shape index (κ1) is 18.2. The lowest BCUT2D eigenvalue weighted by Crippen LogP contribution is -2.62. The van der Waals surface area contributed by atoms with E-state index in [4.69, 9.17) is 20.9 Å². The number of hydrogen-bond acceptors (Lipinski definition) is 6. The van der Waals surface area contributed by atoms with Crippen LogP contribution < -0.4 is 16.8 Å². The Morgan fingerprint density at radius 2 is 2.00 bits per heavy atom. The van der Waals surface area contributed by atoms with Gasteiger partial charge >= 0.3 is 0 Å². The molecule has 1 aliphatic rings. The van der Waals surface area contributed by atoms with E-state index in [0.29, 0.717) is 6.42 Å². The zero-order valence-corrected chi connectivity index (χ0v) is 12.7. The summed E-state index contributed by atoms with van der Waals surface area (Å²) >= 11 is 0. The Bertz CT molecular complexity index is 347. The number of rotatable bonds is 6. The summed E-state index contributed by atoms with van der Waals surface area (Å²) in [6.07, 6.45) is -3.87. The molecule has 3 unspecified atom stereocenters. The summed E-state index contributed by atoms with van der Waals surface area (Å²) in [5, 5.41) is 12.1. The van der Waals surface area contributed by atoms with Crippen LogP contribution in [0.3, 0.4) is 0 Å². The Kier molecular flexibility index (Phi) is 6.95. The molecule has 21 heavy (non-hydrogen) atoms. The highest BCUT2D eigenvalue weighted by molar-refractivity contribution is 5.81. The molecule has 6 N–H and O–H groups in total. The number of ether oxygens (including phenoxy) is 2. The first-order chi connectivity index (χ1) is 9.87. The molecular weight excluding hydrogens is 281 g/mol. The third-order valence-corrected chi connectivity index (χ3v) is 4.15. The highest BCUT2D eigenvalue weighted by Gasteiger charge is 2.43.